The summed E-state index contributed by atoms with van der Waals surface area (Å²) in [6, 6.07) is 62.9. The van der Waals surface area contributed by atoms with Gasteiger partial charge < -0.3 is 70.7 Å². The van der Waals surface area contributed by atoms with Crippen molar-refractivity contribution in [2.24, 2.45) is 0 Å². The molecule has 6 saturated heterocycles. The summed E-state index contributed by atoms with van der Waals surface area (Å²) in [6.45, 7) is 21.1. The van der Waals surface area contributed by atoms with Crippen LogP contribution in [0.2, 0.25) is 9.84 Å². The van der Waals surface area contributed by atoms with Crippen molar-refractivity contribution in [3.05, 3.63) is 242 Å². The molecule has 3 radical (unpaired) electrons. The average molecular weight is 2200 g/mol. The number of hydrogen-bond donors (Lipinski definition) is 5. The van der Waals surface area contributed by atoms with Crippen molar-refractivity contribution in [3.63, 3.8) is 0 Å². The summed E-state index contributed by atoms with van der Waals surface area (Å²) in [4.78, 5) is 163. The van der Waals surface area contributed by atoms with Gasteiger partial charge in [-0.2, -0.15) is 8.42 Å². The predicted molar refractivity (Wildman–Crippen MR) is 547 cm³/mol. The zero-order chi connectivity index (χ0) is 101. The van der Waals surface area contributed by atoms with Crippen LogP contribution in [0.5, 0.6) is 0 Å². The third kappa shape index (κ3) is 35.3. The van der Waals surface area contributed by atoms with Crippen molar-refractivity contribution in [2.45, 2.75) is 127 Å². The first-order valence-corrected chi connectivity index (χ1v) is 55.7. The molecule has 42 heteroatoms. The molecule has 0 saturated carbocycles. The SMILES string of the molecule is CC(C)(C)OC(=O)N1CC=C[C@@H]1C(=O)Nc1ccc(N2CCOCC2=O)cc1.CC(C)(C)OC(=O)N1C[C@H](OS(C)(=O)=O)C[C@@H]1C(=O)Nc1ccc(N2CCOCC2=O)cc1.CC(C)(C)OC(=O)N1C[C@H]([Se]c2ccccc2)C[C@@H]1C(=O)Nc1ccc(N2CCOCC2=O)cc1.O=C(Nc1ccc(N2CCOCC2=O)cc1)[C@H]1C=CCN1C(=O)Nc1ccc(Cl)cc1.[B].[H-].[Na+].c1ccc([Se][Se]c2ccccc2)cc1. The molecule has 0 aliphatic carbocycles. The van der Waals surface area contributed by atoms with Gasteiger partial charge in [-0.25, -0.2) is 14.4 Å². The number of likely N-dealkylation sites (tertiary alicyclic amines) is 2. The number of carbonyl (C=O) groups is 12. The third-order valence-electron chi connectivity index (χ3n) is 21.6. The molecule has 8 heterocycles. The Kier molecular flexibility index (Phi) is 42.6. The number of rotatable bonds is 20. The first-order chi connectivity index (χ1) is 67.2. The molecule has 6 fully saturated rings. The molecule has 6 atom stereocenters. The van der Waals surface area contributed by atoms with Gasteiger partial charge in [-0.1, -0.05) is 35.9 Å². The number of morpholine rings is 4. The molecule has 8 aromatic carbocycles. The number of nitrogens with one attached hydrogen (secondary N) is 5. The molecule has 143 heavy (non-hydrogen) atoms. The Morgan fingerprint density at radius 3 is 1.03 bits per heavy atom. The number of urea groups is 1. The number of carbonyl (C=O) groups excluding carboxylic acids is 12. The van der Waals surface area contributed by atoms with Crippen molar-refractivity contribution in [1.82, 2.24) is 19.6 Å². The van der Waals surface area contributed by atoms with E-state index in [4.69, 9.17) is 48.9 Å². The van der Waals surface area contributed by atoms with Gasteiger partial charge in [-0.15, -0.1) is 0 Å². The molecule has 13 amide bonds. The maximum absolute atomic E-state index is 13.3. The fourth-order valence-corrected chi connectivity index (χ4v) is 24.5. The van der Waals surface area contributed by atoms with E-state index in [0.717, 1.165) is 23.3 Å². The zero-order valence-corrected chi connectivity index (χ0v) is 90.1. The van der Waals surface area contributed by atoms with E-state index in [2.05, 4.69) is 99.4 Å². The van der Waals surface area contributed by atoms with Crippen LogP contribution in [0.15, 0.2) is 237 Å². The molecule has 5 N–H and O–H groups in total. The molecule has 0 spiro atoms. The summed E-state index contributed by atoms with van der Waals surface area (Å²) in [6.07, 6.45) is 5.82. The van der Waals surface area contributed by atoms with Crippen LogP contribution in [0, 0.1) is 0 Å². The predicted octanol–water partition coefficient (Wildman–Crippen LogP) is 7.13. The van der Waals surface area contributed by atoms with Crippen molar-refractivity contribution < 1.29 is 134 Å². The van der Waals surface area contributed by atoms with E-state index in [-0.39, 0.29) is 146 Å². The number of nitrogens with zero attached hydrogens (tertiary/aromatic N) is 8. The number of amides is 13. The van der Waals surface area contributed by atoms with E-state index < -0.39 is 81.4 Å². The fourth-order valence-electron chi connectivity index (χ4n) is 15.2. The molecular formula is C101H117BClN13NaO22SSe3. The summed E-state index contributed by atoms with van der Waals surface area (Å²) in [5.74, 6) is -1.81. The van der Waals surface area contributed by atoms with E-state index in [1.165, 1.54) is 28.1 Å². The van der Waals surface area contributed by atoms with Crippen LogP contribution in [0.1, 0.15) is 76.6 Å². The number of halogens is 1. The maximum atomic E-state index is 13.3. The number of anilines is 9. The topological polar surface area (TPSA) is 399 Å². The molecule has 753 valence electrons. The summed E-state index contributed by atoms with van der Waals surface area (Å²) in [5, 5.41) is 14.7. The Morgan fingerprint density at radius 1 is 0.392 bits per heavy atom. The first kappa shape index (κ1) is 114. The van der Waals surface area contributed by atoms with Crippen LogP contribution in [0.4, 0.5) is 70.4 Å². The first-order valence-electron chi connectivity index (χ1n) is 45.6. The second kappa shape index (κ2) is 53.5. The molecule has 8 aliphatic heterocycles. The number of hydrogen-bond acceptors (Lipinski definition) is 22. The molecule has 8 aliphatic rings. The Balaban J connectivity index is 0.000000204. The van der Waals surface area contributed by atoms with Gasteiger partial charge in [-0.3, -0.25) is 42.8 Å². The van der Waals surface area contributed by atoms with Gasteiger partial charge in [0.15, 0.2) is 0 Å². The molecule has 0 bridgehead atoms. The minimum absolute atomic E-state index is 0. The van der Waals surface area contributed by atoms with Crippen LogP contribution < -0.4 is 89.1 Å². The van der Waals surface area contributed by atoms with E-state index in [1.54, 1.807) is 212 Å². The second-order valence-electron chi connectivity index (χ2n) is 36.0. The second-order valence-corrected chi connectivity index (χ2v) is 47.3. The number of ether oxygens (including phenoxy) is 7. The van der Waals surface area contributed by atoms with Gasteiger partial charge in [0.25, 0.3) is 39.7 Å². The van der Waals surface area contributed by atoms with E-state index in [9.17, 15) is 66.0 Å². The van der Waals surface area contributed by atoms with Crippen LogP contribution in [0.25, 0.3) is 0 Å². The van der Waals surface area contributed by atoms with Gasteiger partial charge in [0.2, 0.25) is 5.91 Å². The quantitative estimate of drug-likeness (QED) is 0.0219. The normalized spacial score (nSPS) is 18.8. The molecule has 0 unspecified atom stereocenters. The van der Waals surface area contributed by atoms with Crippen molar-refractivity contribution in [2.75, 3.05) is 158 Å². The third-order valence-corrected chi connectivity index (χ3v) is 32.3. The molecular weight excluding hydrogens is 2090 g/mol. The van der Waals surface area contributed by atoms with Gasteiger partial charge >= 0.3 is 351 Å². The van der Waals surface area contributed by atoms with Crippen LogP contribution in [0.3, 0.4) is 0 Å². The van der Waals surface area contributed by atoms with Crippen molar-refractivity contribution in [3.8, 4) is 0 Å². The van der Waals surface area contributed by atoms with Gasteiger partial charge in [0, 0.05) is 92.4 Å². The molecule has 35 nitrogen and oxygen atoms in total. The zero-order valence-electron chi connectivity index (χ0n) is 82.4. The minimum atomic E-state index is -3.77. The standard InChI is InChI=1S/C26H31N3O5Se.C22H21ClN4O4.C21H29N3O8S.C20H25N3O5.C12H10Se2.B.Na.H/c1-26(2,3)34-25(32)29-16-21(35-20-7-5-4-6-8-20)15-22(29)24(31)27-18-9-11-19(12-10-18)28-13-14-33-17-23(28)30;23-15-3-5-17(6-4-15)25-22(30)27-11-1-2-19(27)21(29)24-16-7-9-18(10-8-16)26-12-13-31-14-20(26)28;1-21(2,3)31-20(27)24-12-16(32-33(4,28)29)11-17(24)19(26)22-14-5-7-15(8-6-14)23-9-10-30-13-18(23)25;1-20(2,3)28-19(26)23-10-4-5-16(23)18(25)21-14-6-8-15(9-7-14)22-11-12-27-13-17(22)24;1-3-7-11(8-4-1)13-14-12-9-5-2-6-10-12;;;/h4-12,21-22H,13-17H2,1-3H3,(H,27,31);1-10,19H,11-14H2,(H,24,29)(H,25,30);5-8,16-17H,9-13H2,1-4H3,(H,22,26);4-9,16H,10-13H2,1-3H3,(H,21,25);1-10H;;;/q;;;;;;+1;-1/t21-,22-;19-;16-,17-;16-;;;;/m1111..../s1. The van der Waals surface area contributed by atoms with E-state index in [0.29, 0.717) is 144 Å². The van der Waals surface area contributed by atoms with Gasteiger partial charge in [0.05, 0.1) is 38.7 Å². The van der Waals surface area contributed by atoms with Crippen LogP contribution in [-0.4, -0.2) is 308 Å². The van der Waals surface area contributed by atoms with Crippen LogP contribution >= 0.6 is 11.6 Å². The van der Waals surface area contributed by atoms with Gasteiger partial charge in [-0.05, 0) is 139 Å². The summed E-state index contributed by atoms with van der Waals surface area (Å²) >= 11 is 7.26. The monoisotopic (exact) mass is 2200 g/mol. The summed E-state index contributed by atoms with van der Waals surface area (Å²) in [5.41, 5.74) is 3.69. The Morgan fingerprint density at radius 2 is 0.692 bits per heavy atom. The average Bonchev–Trinajstić information content (AvgIpc) is 1.72. The Hall–Kier alpha value is -11.3. The van der Waals surface area contributed by atoms with Crippen LogP contribution in [-0.2, 0) is 85.8 Å². The summed E-state index contributed by atoms with van der Waals surface area (Å²) < 4.78 is 69.3. The Labute approximate surface area is 880 Å². The van der Waals surface area contributed by atoms with E-state index >= 15 is 0 Å². The van der Waals surface area contributed by atoms with Crippen molar-refractivity contribution >= 4 is 207 Å². The van der Waals surface area contributed by atoms with E-state index in [1.807, 2.05) is 39.0 Å². The Bertz CT molecular complexity index is 5840. The fraction of sp³-hybridized carbons (Fsp3) is 0.366. The summed E-state index contributed by atoms with van der Waals surface area (Å²) in [7, 11) is -3.77. The molecule has 8 aromatic rings. The molecule has 16 rings (SSSR count). The molecule has 0 aromatic heterocycles. The van der Waals surface area contributed by atoms with Gasteiger partial charge in [0.1, 0.15) is 49.1 Å². The van der Waals surface area contributed by atoms with Crippen molar-refractivity contribution in [1.29, 1.82) is 0 Å². The number of benzene rings is 8.